The van der Waals surface area contributed by atoms with Crippen LogP contribution < -0.4 is 0 Å². The van der Waals surface area contributed by atoms with Crippen LogP contribution in [0.2, 0.25) is 0 Å². The van der Waals surface area contributed by atoms with E-state index in [9.17, 15) is 5.11 Å². The molecule has 100 valence electrons. The third-order valence-electron chi connectivity index (χ3n) is 3.41. The van der Waals surface area contributed by atoms with Crippen LogP contribution in [0.3, 0.4) is 0 Å². The molecule has 1 heterocycles. The Morgan fingerprint density at radius 2 is 1.72 bits per heavy atom. The molecule has 0 atom stereocenters. The minimum absolute atomic E-state index is 0.453. The van der Waals surface area contributed by atoms with E-state index < -0.39 is 0 Å². The van der Waals surface area contributed by atoms with Crippen LogP contribution in [0.1, 0.15) is 12.5 Å². The summed E-state index contributed by atoms with van der Waals surface area (Å²) >= 11 is 4.51. The van der Waals surface area contributed by atoms with E-state index in [1.54, 1.807) is 0 Å². The van der Waals surface area contributed by atoms with Crippen molar-refractivity contribution in [3.8, 4) is 5.75 Å². The molecule has 3 nitrogen and oxygen atoms in total. The van der Waals surface area contributed by atoms with Crippen molar-refractivity contribution in [2.75, 3.05) is 32.7 Å². The molecule has 0 aliphatic carbocycles. The van der Waals surface area contributed by atoms with E-state index >= 15 is 0 Å². The van der Waals surface area contributed by atoms with Gasteiger partial charge < -0.3 is 10.0 Å². The SMILES string of the molecule is CCN1CCN(Cc2cc(I)cc(I)c2O)CC1. The molecule has 0 unspecified atom stereocenters. The zero-order chi connectivity index (χ0) is 13.1. The van der Waals surface area contributed by atoms with Crippen LogP contribution in [0.5, 0.6) is 5.75 Å². The van der Waals surface area contributed by atoms with E-state index in [1.165, 1.54) is 3.57 Å². The highest BCUT2D eigenvalue weighted by molar-refractivity contribution is 14.1. The van der Waals surface area contributed by atoms with Gasteiger partial charge in [0.2, 0.25) is 0 Å². The van der Waals surface area contributed by atoms with E-state index in [0.29, 0.717) is 5.75 Å². The third kappa shape index (κ3) is 3.71. The number of benzene rings is 1. The molecule has 1 N–H and O–H groups in total. The Balaban J connectivity index is 2.02. The second kappa shape index (κ2) is 6.71. The lowest BCUT2D eigenvalue weighted by Gasteiger charge is -2.34. The van der Waals surface area contributed by atoms with Gasteiger partial charge in [-0.2, -0.15) is 0 Å². The number of halogens is 2. The van der Waals surface area contributed by atoms with Gasteiger partial charge in [0.1, 0.15) is 5.75 Å². The average molecular weight is 472 g/mol. The molecule has 5 heteroatoms. The fourth-order valence-corrected chi connectivity index (χ4v) is 4.21. The van der Waals surface area contributed by atoms with Crippen LogP contribution in [-0.4, -0.2) is 47.6 Å². The number of likely N-dealkylation sites (N-methyl/N-ethyl adjacent to an activating group) is 1. The number of piperazine rings is 1. The first-order chi connectivity index (χ1) is 8.60. The topological polar surface area (TPSA) is 26.7 Å². The predicted octanol–water partition coefficient (Wildman–Crippen LogP) is 2.74. The molecule has 2 rings (SSSR count). The van der Waals surface area contributed by atoms with Crippen LogP contribution in [0, 0.1) is 7.14 Å². The summed E-state index contributed by atoms with van der Waals surface area (Å²) < 4.78 is 2.14. The summed E-state index contributed by atoms with van der Waals surface area (Å²) in [5, 5.41) is 10.1. The molecular weight excluding hydrogens is 454 g/mol. The van der Waals surface area contributed by atoms with Gasteiger partial charge in [-0.15, -0.1) is 0 Å². The average Bonchev–Trinajstić information content (AvgIpc) is 2.36. The number of phenolic OH excluding ortho intramolecular Hbond substituents is 1. The van der Waals surface area contributed by atoms with Gasteiger partial charge in [0, 0.05) is 41.9 Å². The Morgan fingerprint density at radius 1 is 1.11 bits per heavy atom. The number of nitrogens with zero attached hydrogens (tertiary/aromatic N) is 2. The fourth-order valence-electron chi connectivity index (χ4n) is 2.24. The van der Waals surface area contributed by atoms with Crippen molar-refractivity contribution in [3.05, 3.63) is 24.8 Å². The molecule has 0 saturated carbocycles. The summed E-state index contributed by atoms with van der Waals surface area (Å²) in [6.45, 7) is 8.67. The van der Waals surface area contributed by atoms with Gasteiger partial charge in [-0.05, 0) is 63.9 Å². The Bertz CT molecular complexity index is 418. The molecule has 1 fully saturated rings. The quantitative estimate of drug-likeness (QED) is 0.687. The van der Waals surface area contributed by atoms with Gasteiger partial charge in [-0.25, -0.2) is 0 Å². The summed E-state index contributed by atoms with van der Waals surface area (Å²) in [6, 6.07) is 4.10. The molecule has 1 aliphatic heterocycles. The maximum Gasteiger partial charge on any atom is 0.133 e. The first-order valence-corrected chi connectivity index (χ1v) is 8.37. The van der Waals surface area contributed by atoms with Crippen molar-refractivity contribution >= 4 is 45.2 Å². The minimum atomic E-state index is 0.453. The van der Waals surface area contributed by atoms with Crippen LogP contribution in [-0.2, 0) is 6.54 Å². The van der Waals surface area contributed by atoms with Gasteiger partial charge in [0.05, 0.1) is 3.57 Å². The van der Waals surface area contributed by atoms with Crippen molar-refractivity contribution in [1.82, 2.24) is 9.80 Å². The van der Waals surface area contributed by atoms with E-state index in [-0.39, 0.29) is 0 Å². The fraction of sp³-hybridized carbons (Fsp3) is 0.538. The summed E-state index contributed by atoms with van der Waals surface area (Å²) in [7, 11) is 0. The van der Waals surface area contributed by atoms with Crippen LogP contribution in [0.25, 0.3) is 0 Å². The second-order valence-corrected chi connectivity index (χ2v) is 7.01. The van der Waals surface area contributed by atoms with Gasteiger partial charge in [-0.1, -0.05) is 6.92 Å². The lowest BCUT2D eigenvalue weighted by Crippen LogP contribution is -2.45. The van der Waals surface area contributed by atoms with Gasteiger partial charge >= 0.3 is 0 Å². The smallest absolute Gasteiger partial charge is 0.133 e. The van der Waals surface area contributed by atoms with Gasteiger partial charge in [0.25, 0.3) is 0 Å². The highest BCUT2D eigenvalue weighted by Crippen LogP contribution is 2.28. The van der Waals surface area contributed by atoms with E-state index in [4.69, 9.17) is 0 Å². The Morgan fingerprint density at radius 3 is 2.33 bits per heavy atom. The maximum absolute atomic E-state index is 10.1. The minimum Gasteiger partial charge on any atom is -0.507 e. The molecule has 0 amide bonds. The number of hydrogen-bond acceptors (Lipinski definition) is 3. The Labute approximate surface area is 136 Å². The van der Waals surface area contributed by atoms with Crippen LogP contribution >= 0.6 is 45.2 Å². The lowest BCUT2D eigenvalue weighted by molar-refractivity contribution is 0.131. The van der Waals surface area contributed by atoms with Crippen molar-refractivity contribution in [2.45, 2.75) is 13.5 Å². The van der Waals surface area contributed by atoms with Crippen molar-refractivity contribution < 1.29 is 5.11 Å². The van der Waals surface area contributed by atoms with E-state index in [0.717, 1.165) is 48.4 Å². The summed E-state index contributed by atoms with van der Waals surface area (Å²) in [4.78, 5) is 4.89. The highest BCUT2D eigenvalue weighted by atomic mass is 127. The molecule has 1 saturated heterocycles. The molecule has 18 heavy (non-hydrogen) atoms. The largest absolute Gasteiger partial charge is 0.507 e. The normalized spacial score (nSPS) is 18.2. The molecule has 0 spiro atoms. The maximum atomic E-state index is 10.1. The summed E-state index contributed by atoms with van der Waals surface area (Å²) in [5.74, 6) is 0.453. The molecule has 0 bridgehead atoms. The van der Waals surface area contributed by atoms with Gasteiger partial charge in [0.15, 0.2) is 0 Å². The molecule has 1 aliphatic rings. The van der Waals surface area contributed by atoms with Crippen LogP contribution in [0.4, 0.5) is 0 Å². The van der Waals surface area contributed by atoms with Gasteiger partial charge in [-0.3, -0.25) is 4.90 Å². The number of aromatic hydroxyl groups is 1. The zero-order valence-corrected chi connectivity index (χ0v) is 14.8. The van der Waals surface area contributed by atoms with Crippen molar-refractivity contribution in [2.24, 2.45) is 0 Å². The third-order valence-corrected chi connectivity index (χ3v) is 4.86. The molecule has 1 aromatic carbocycles. The summed E-state index contributed by atoms with van der Waals surface area (Å²) in [6.07, 6.45) is 0. The molecule has 1 aromatic rings. The Hall–Kier alpha value is 0.400. The number of rotatable bonds is 3. The first-order valence-electron chi connectivity index (χ1n) is 6.21. The van der Waals surface area contributed by atoms with Crippen molar-refractivity contribution in [1.29, 1.82) is 0 Å². The standard InChI is InChI=1S/C13H18I2N2O/c1-2-16-3-5-17(6-4-16)9-10-7-11(14)8-12(15)13(10)18/h7-8,18H,2-6,9H2,1H3. The Kier molecular flexibility index (Phi) is 5.52. The number of phenols is 1. The lowest BCUT2D eigenvalue weighted by atomic mass is 10.1. The zero-order valence-electron chi connectivity index (χ0n) is 10.5. The highest BCUT2D eigenvalue weighted by Gasteiger charge is 2.17. The predicted molar refractivity (Wildman–Crippen MR) is 90.9 cm³/mol. The van der Waals surface area contributed by atoms with E-state index in [2.05, 4.69) is 68.0 Å². The number of hydrogen-bond donors (Lipinski definition) is 1. The molecular formula is C13H18I2N2O. The molecule has 0 radical (unpaired) electrons. The summed E-state index contributed by atoms with van der Waals surface area (Å²) in [5.41, 5.74) is 1.05. The monoisotopic (exact) mass is 472 g/mol. The van der Waals surface area contributed by atoms with E-state index in [1.807, 2.05) is 6.07 Å². The first kappa shape index (κ1) is 14.8. The second-order valence-electron chi connectivity index (χ2n) is 4.61. The molecule has 0 aromatic heterocycles. The van der Waals surface area contributed by atoms with Crippen LogP contribution in [0.15, 0.2) is 12.1 Å². The van der Waals surface area contributed by atoms with Crippen molar-refractivity contribution in [3.63, 3.8) is 0 Å².